The van der Waals surface area contributed by atoms with E-state index in [1.807, 2.05) is 0 Å². The molecule has 68 valence electrons. The molecule has 0 aliphatic rings. The molecular formula is C8H16N4. The van der Waals surface area contributed by atoms with Crippen molar-refractivity contribution in [2.45, 2.75) is 19.8 Å². The molecule has 1 heterocycles. The molecular weight excluding hydrogens is 152 g/mol. The van der Waals surface area contributed by atoms with E-state index in [2.05, 4.69) is 22.3 Å². The summed E-state index contributed by atoms with van der Waals surface area (Å²) in [7, 11) is 0. The van der Waals surface area contributed by atoms with Crippen LogP contribution in [-0.4, -0.2) is 16.5 Å². The van der Waals surface area contributed by atoms with Gasteiger partial charge in [-0.25, -0.2) is 9.97 Å². The fraction of sp³-hybridized carbons (Fsp3) is 0.500. The van der Waals surface area contributed by atoms with Crippen molar-refractivity contribution in [3.8, 4) is 0 Å². The van der Waals surface area contributed by atoms with Gasteiger partial charge in [-0.2, -0.15) is 0 Å². The van der Waals surface area contributed by atoms with E-state index in [1.165, 1.54) is 19.2 Å². The van der Waals surface area contributed by atoms with Gasteiger partial charge in [0.2, 0.25) is 0 Å². The Morgan fingerprint density at radius 2 is 2.00 bits per heavy atom. The summed E-state index contributed by atoms with van der Waals surface area (Å²) in [6.07, 6.45) is 7.26. The summed E-state index contributed by atoms with van der Waals surface area (Å²) >= 11 is 0. The van der Waals surface area contributed by atoms with Gasteiger partial charge in [-0.3, -0.25) is 11.3 Å². The highest BCUT2D eigenvalue weighted by Crippen LogP contribution is 1.78. The average Bonchev–Trinajstić information content (AvgIpc) is 2.18. The van der Waals surface area contributed by atoms with Crippen molar-refractivity contribution >= 4 is 0 Å². The Bertz CT molecular complexity index is 124. The van der Waals surface area contributed by atoms with Gasteiger partial charge in [-0.05, 0) is 12.5 Å². The van der Waals surface area contributed by atoms with Gasteiger partial charge in [0.1, 0.15) is 6.33 Å². The minimum atomic E-state index is 0.941. The number of unbranched alkanes of at least 4 members (excludes halogenated alkanes) is 1. The third kappa shape index (κ3) is 9.00. The molecule has 0 amide bonds. The summed E-state index contributed by atoms with van der Waals surface area (Å²) < 4.78 is 0. The fourth-order valence-electron chi connectivity index (χ4n) is 0.532. The second-order valence-corrected chi connectivity index (χ2v) is 2.21. The van der Waals surface area contributed by atoms with E-state index in [1.54, 1.807) is 18.5 Å². The zero-order chi connectivity index (χ0) is 9.07. The summed E-state index contributed by atoms with van der Waals surface area (Å²) in [5.41, 5.74) is 2.57. The van der Waals surface area contributed by atoms with Crippen molar-refractivity contribution in [1.82, 2.24) is 15.4 Å². The van der Waals surface area contributed by atoms with Gasteiger partial charge in [0.15, 0.2) is 0 Å². The molecule has 0 unspecified atom stereocenters. The van der Waals surface area contributed by atoms with Gasteiger partial charge >= 0.3 is 0 Å². The first-order valence-electron chi connectivity index (χ1n) is 4.05. The third-order valence-electron chi connectivity index (χ3n) is 1.15. The van der Waals surface area contributed by atoms with Crippen molar-refractivity contribution < 1.29 is 0 Å². The zero-order valence-corrected chi connectivity index (χ0v) is 7.40. The number of nitrogens with zero attached hydrogens (tertiary/aromatic N) is 2. The Morgan fingerprint density at radius 3 is 2.17 bits per heavy atom. The molecule has 12 heavy (non-hydrogen) atoms. The molecule has 1 rings (SSSR count). The molecule has 1 aromatic rings. The van der Waals surface area contributed by atoms with Crippen LogP contribution >= 0.6 is 0 Å². The Hall–Kier alpha value is -1.00. The number of nitrogens with two attached hydrogens (primary N) is 1. The molecule has 0 radical (unpaired) electrons. The maximum atomic E-state index is 4.96. The molecule has 0 aliphatic heterocycles. The maximum Gasteiger partial charge on any atom is 0.115 e. The van der Waals surface area contributed by atoms with Gasteiger partial charge in [-0.1, -0.05) is 13.3 Å². The molecule has 0 saturated heterocycles. The molecule has 0 spiro atoms. The number of hydrogen-bond donors (Lipinski definition) is 2. The second kappa shape index (κ2) is 10.0. The first-order chi connectivity index (χ1) is 5.91. The predicted molar refractivity (Wildman–Crippen MR) is 49.1 cm³/mol. The highest BCUT2D eigenvalue weighted by Gasteiger charge is 1.73. The predicted octanol–water partition coefficient (Wildman–Crippen LogP) is 0.726. The van der Waals surface area contributed by atoms with Crippen molar-refractivity contribution in [3.05, 3.63) is 24.8 Å². The van der Waals surface area contributed by atoms with E-state index >= 15 is 0 Å². The van der Waals surface area contributed by atoms with Gasteiger partial charge in [0, 0.05) is 18.9 Å². The van der Waals surface area contributed by atoms with Crippen LogP contribution in [-0.2, 0) is 0 Å². The highest BCUT2D eigenvalue weighted by atomic mass is 15.2. The van der Waals surface area contributed by atoms with E-state index in [4.69, 9.17) is 5.84 Å². The topological polar surface area (TPSA) is 63.8 Å². The van der Waals surface area contributed by atoms with Crippen LogP contribution in [0.1, 0.15) is 19.8 Å². The summed E-state index contributed by atoms with van der Waals surface area (Å²) in [6.45, 7) is 3.08. The third-order valence-corrected chi connectivity index (χ3v) is 1.15. The average molecular weight is 168 g/mol. The summed E-state index contributed by atoms with van der Waals surface area (Å²) in [4.78, 5) is 7.35. The summed E-state index contributed by atoms with van der Waals surface area (Å²) in [5.74, 6) is 4.96. The molecule has 0 fully saturated rings. The first kappa shape index (κ1) is 11.0. The number of hydrazine groups is 1. The van der Waals surface area contributed by atoms with Crippen LogP contribution < -0.4 is 11.3 Å². The Labute approximate surface area is 73.2 Å². The Morgan fingerprint density at radius 1 is 1.33 bits per heavy atom. The molecule has 0 saturated carbocycles. The van der Waals surface area contributed by atoms with Crippen LogP contribution in [0.5, 0.6) is 0 Å². The first-order valence-corrected chi connectivity index (χ1v) is 4.05. The largest absolute Gasteiger partial charge is 0.271 e. The molecule has 3 N–H and O–H groups in total. The summed E-state index contributed by atoms with van der Waals surface area (Å²) in [6, 6.07) is 1.78. The standard InChI is InChI=1S/C4H4N2.C4H12N2/c1-2-5-4-6-3-1;1-2-3-4-6-5/h1-4H;6H,2-5H2,1H3. The van der Waals surface area contributed by atoms with E-state index in [-0.39, 0.29) is 0 Å². The van der Waals surface area contributed by atoms with Gasteiger partial charge < -0.3 is 0 Å². The van der Waals surface area contributed by atoms with Gasteiger partial charge in [-0.15, -0.1) is 0 Å². The van der Waals surface area contributed by atoms with Crippen LogP contribution in [0.3, 0.4) is 0 Å². The quantitative estimate of drug-likeness (QED) is 0.396. The van der Waals surface area contributed by atoms with Crippen LogP contribution in [0, 0.1) is 0 Å². The van der Waals surface area contributed by atoms with E-state index in [0.717, 1.165) is 6.54 Å². The van der Waals surface area contributed by atoms with Gasteiger partial charge in [0.25, 0.3) is 0 Å². The van der Waals surface area contributed by atoms with Crippen LogP contribution in [0.15, 0.2) is 24.8 Å². The minimum Gasteiger partial charge on any atom is -0.271 e. The number of hydrogen-bond acceptors (Lipinski definition) is 4. The molecule has 0 bridgehead atoms. The lowest BCUT2D eigenvalue weighted by molar-refractivity contribution is 0.669. The highest BCUT2D eigenvalue weighted by molar-refractivity contribution is 4.74. The van der Waals surface area contributed by atoms with Crippen molar-refractivity contribution in [1.29, 1.82) is 0 Å². The number of nitrogens with one attached hydrogen (secondary N) is 1. The number of rotatable bonds is 3. The lowest BCUT2D eigenvalue weighted by atomic mass is 10.3. The van der Waals surface area contributed by atoms with Crippen molar-refractivity contribution in [2.75, 3.05) is 6.54 Å². The lowest BCUT2D eigenvalue weighted by Crippen LogP contribution is -2.22. The Balaban J connectivity index is 0.000000202. The molecule has 0 aromatic carbocycles. The van der Waals surface area contributed by atoms with E-state index < -0.39 is 0 Å². The van der Waals surface area contributed by atoms with Crippen LogP contribution in [0.25, 0.3) is 0 Å². The molecule has 0 atom stereocenters. The maximum absolute atomic E-state index is 4.96. The van der Waals surface area contributed by atoms with Gasteiger partial charge in [0.05, 0.1) is 0 Å². The van der Waals surface area contributed by atoms with E-state index in [0.29, 0.717) is 0 Å². The monoisotopic (exact) mass is 168 g/mol. The molecule has 0 aliphatic carbocycles. The molecule has 1 aromatic heterocycles. The SMILES string of the molecule is CCCCNN.c1cncnc1. The number of aromatic nitrogens is 2. The van der Waals surface area contributed by atoms with Crippen molar-refractivity contribution in [3.63, 3.8) is 0 Å². The molecule has 4 heteroatoms. The fourth-order valence-corrected chi connectivity index (χ4v) is 0.532. The Kier molecular flexibility index (Phi) is 9.17. The van der Waals surface area contributed by atoms with Crippen LogP contribution in [0.4, 0.5) is 0 Å². The van der Waals surface area contributed by atoms with Crippen LogP contribution in [0.2, 0.25) is 0 Å². The van der Waals surface area contributed by atoms with Crippen molar-refractivity contribution in [2.24, 2.45) is 5.84 Å². The zero-order valence-electron chi connectivity index (χ0n) is 7.40. The second-order valence-electron chi connectivity index (χ2n) is 2.21. The lowest BCUT2D eigenvalue weighted by Gasteiger charge is -1.89. The van der Waals surface area contributed by atoms with E-state index in [9.17, 15) is 0 Å². The smallest absolute Gasteiger partial charge is 0.115 e. The summed E-state index contributed by atoms with van der Waals surface area (Å²) in [5, 5.41) is 0. The molecule has 4 nitrogen and oxygen atoms in total. The minimum absolute atomic E-state index is 0.941. The normalized spacial score (nSPS) is 8.50.